The number of carbonyl (C=O) groups is 1. The number of unbranched alkanes of at least 4 members (excludes halogenated alkanes) is 1. The van der Waals surface area contributed by atoms with Gasteiger partial charge in [-0.05, 0) is 32.3 Å². The maximum absolute atomic E-state index is 11.7. The van der Waals surface area contributed by atoms with E-state index in [9.17, 15) is 20.1 Å². The maximum atomic E-state index is 11.7. The number of hydrogen-bond acceptors (Lipinski definition) is 6. The van der Waals surface area contributed by atoms with Gasteiger partial charge in [0.15, 0.2) is 11.5 Å². The number of esters is 1. The largest absolute Gasteiger partial charge is 0.504 e. The van der Waals surface area contributed by atoms with Gasteiger partial charge in [-0.1, -0.05) is 6.42 Å². The van der Waals surface area contributed by atoms with Gasteiger partial charge >= 0.3 is 5.97 Å². The van der Waals surface area contributed by atoms with Crippen LogP contribution in [0.1, 0.15) is 54.6 Å². The SMILES string of the molecule is CC(O)CCCCC1OC(=O)c2cc(O)c(O)c(O)c21. The fourth-order valence-electron chi connectivity index (χ4n) is 2.38. The number of aliphatic hydroxyl groups excluding tert-OH is 1. The summed E-state index contributed by atoms with van der Waals surface area (Å²) in [6.45, 7) is 1.71. The molecule has 0 amide bonds. The summed E-state index contributed by atoms with van der Waals surface area (Å²) < 4.78 is 5.15. The molecule has 1 aliphatic rings. The van der Waals surface area contributed by atoms with Crippen LogP contribution in [0, 0.1) is 0 Å². The molecule has 0 aromatic heterocycles. The van der Waals surface area contributed by atoms with Gasteiger partial charge in [0, 0.05) is 0 Å². The van der Waals surface area contributed by atoms with E-state index in [1.807, 2.05) is 0 Å². The van der Waals surface area contributed by atoms with Crippen LogP contribution in [0.3, 0.4) is 0 Å². The lowest BCUT2D eigenvalue weighted by Crippen LogP contribution is -2.01. The van der Waals surface area contributed by atoms with Crippen LogP contribution >= 0.6 is 0 Å². The Morgan fingerprint density at radius 2 is 1.95 bits per heavy atom. The van der Waals surface area contributed by atoms with Crippen molar-refractivity contribution in [2.75, 3.05) is 0 Å². The van der Waals surface area contributed by atoms with Crippen molar-refractivity contribution in [2.24, 2.45) is 0 Å². The third-order valence-electron chi connectivity index (χ3n) is 3.42. The summed E-state index contributed by atoms with van der Waals surface area (Å²) in [6.07, 6.45) is 1.62. The molecule has 0 radical (unpaired) electrons. The number of aliphatic hydroxyl groups is 1. The summed E-state index contributed by atoms with van der Waals surface area (Å²) in [5, 5.41) is 37.9. The molecule has 6 nitrogen and oxygen atoms in total. The summed E-state index contributed by atoms with van der Waals surface area (Å²) in [6, 6.07) is 1.10. The van der Waals surface area contributed by atoms with Crippen molar-refractivity contribution in [2.45, 2.75) is 44.8 Å². The van der Waals surface area contributed by atoms with Crippen LogP contribution in [-0.4, -0.2) is 32.5 Å². The number of aromatic hydroxyl groups is 3. The normalized spacial score (nSPS) is 18.7. The van der Waals surface area contributed by atoms with Crippen molar-refractivity contribution in [1.82, 2.24) is 0 Å². The number of phenols is 3. The van der Waals surface area contributed by atoms with Crippen LogP contribution in [0.2, 0.25) is 0 Å². The first-order valence-corrected chi connectivity index (χ1v) is 6.58. The van der Waals surface area contributed by atoms with E-state index in [4.69, 9.17) is 9.84 Å². The molecular weight excluding hydrogens is 264 g/mol. The zero-order valence-electron chi connectivity index (χ0n) is 11.2. The quantitative estimate of drug-likeness (QED) is 0.373. The lowest BCUT2D eigenvalue weighted by molar-refractivity contribution is 0.0358. The third kappa shape index (κ3) is 2.65. The van der Waals surface area contributed by atoms with Gasteiger partial charge in [0.1, 0.15) is 6.10 Å². The zero-order chi connectivity index (χ0) is 14.9. The van der Waals surface area contributed by atoms with Gasteiger partial charge in [-0.3, -0.25) is 0 Å². The molecule has 0 saturated carbocycles. The molecule has 2 atom stereocenters. The Morgan fingerprint density at radius 3 is 2.60 bits per heavy atom. The first-order valence-electron chi connectivity index (χ1n) is 6.58. The molecule has 1 aromatic rings. The van der Waals surface area contributed by atoms with Crippen LogP contribution in [0.5, 0.6) is 17.2 Å². The number of rotatable bonds is 5. The molecule has 0 aliphatic carbocycles. The molecule has 1 heterocycles. The van der Waals surface area contributed by atoms with Crippen molar-refractivity contribution >= 4 is 5.97 Å². The molecule has 0 spiro atoms. The van der Waals surface area contributed by atoms with Gasteiger partial charge in [-0.25, -0.2) is 4.79 Å². The second-order valence-electron chi connectivity index (χ2n) is 5.08. The fourth-order valence-corrected chi connectivity index (χ4v) is 2.38. The lowest BCUT2D eigenvalue weighted by Gasteiger charge is -2.13. The first kappa shape index (κ1) is 14.5. The molecule has 6 heteroatoms. The Bertz CT molecular complexity index is 523. The molecule has 1 aromatic carbocycles. The summed E-state index contributed by atoms with van der Waals surface area (Å²) in [5.41, 5.74) is 0.306. The maximum Gasteiger partial charge on any atom is 0.339 e. The average Bonchev–Trinajstić information content (AvgIpc) is 2.68. The van der Waals surface area contributed by atoms with Crippen LogP contribution in [0.15, 0.2) is 6.07 Å². The van der Waals surface area contributed by atoms with E-state index in [0.29, 0.717) is 19.3 Å². The fraction of sp³-hybridized carbons (Fsp3) is 0.500. The highest BCUT2D eigenvalue weighted by Crippen LogP contribution is 2.48. The van der Waals surface area contributed by atoms with Gasteiger partial charge in [-0.15, -0.1) is 0 Å². The molecule has 0 fully saturated rings. The minimum Gasteiger partial charge on any atom is -0.504 e. The Morgan fingerprint density at radius 1 is 1.25 bits per heavy atom. The Kier molecular flexibility index (Phi) is 4.04. The lowest BCUT2D eigenvalue weighted by atomic mass is 9.98. The van der Waals surface area contributed by atoms with Crippen LogP contribution in [-0.2, 0) is 4.74 Å². The van der Waals surface area contributed by atoms with E-state index >= 15 is 0 Å². The predicted octanol–water partition coefficient (Wildman–Crippen LogP) is 1.96. The monoisotopic (exact) mass is 282 g/mol. The molecule has 0 bridgehead atoms. The van der Waals surface area contributed by atoms with Crippen molar-refractivity contribution in [3.63, 3.8) is 0 Å². The summed E-state index contributed by atoms with van der Waals surface area (Å²) in [7, 11) is 0. The van der Waals surface area contributed by atoms with Crippen molar-refractivity contribution in [3.05, 3.63) is 17.2 Å². The number of phenolic OH excluding ortho intramolecular Hbond substituents is 3. The van der Waals surface area contributed by atoms with Gasteiger partial charge in [-0.2, -0.15) is 0 Å². The molecule has 1 aliphatic heterocycles. The first-order chi connectivity index (χ1) is 9.41. The van der Waals surface area contributed by atoms with Crippen LogP contribution in [0.4, 0.5) is 0 Å². The smallest absolute Gasteiger partial charge is 0.339 e. The summed E-state index contributed by atoms with van der Waals surface area (Å²) >= 11 is 0. The van der Waals surface area contributed by atoms with Crippen molar-refractivity contribution in [3.8, 4) is 17.2 Å². The second-order valence-corrected chi connectivity index (χ2v) is 5.08. The number of fused-ring (bicyclic) bond motifs is 1. The number of ether oxygens (including phenoxy) is 1. The minimum absolute atomic E-state index is 0.0818. The van der Waals surface area contributed by atoms with Gasteiger partial charge in [0.2, 0.25) is 5.75 Å². The zero-order valence-corrected chi connectivity index (χ0v) is 11.2. The van der Waals surface area contributed by atoms with Gasteiger partial charge in [0.05, 0.1) is 17.2 Å². The predicted molar refractivity (Wildman–Crippen MR) is 69.7 cm³/mol. The summed E-state index contributed by atoms with van der Waals surface area (Å²) in [4.78, 5) is 11.7. The van der Waals surface area contributed by atoms with Crippen molar-refractivity contribution in [1.29, 1.82) is 0 Å². The van der Waals surface area contributed by atoms with Gasteiger partial charge in [0.25, 0.3) is 0 Å². The Labute approximate surface area is 116 Å². The summed E-state index contributed by atoms with van der Waals surface area (Å²) in [5.74, 6) is -2.32. The second kappa shape index (κ2) is 5.58. The molecule has 4 N–H and O–H groups in total. The van der Waals surface area contributed by atoms with Gasteiger partial charge < -0.3 is 25.2 Å². The Hall–Kier alpha value is -1.95. The average molecular weight is 282 g/mol. The minimum atomic E-state index is -0.643. The Balaban J connectivity index is 2.13. The van der Waals surface area contributed by atoms with E-state index < -0.39 is 29.3 Å². The van der Waals surface area contributed by atoms with E-state index in [2.05, 4.69) is 0 Å². The van der Waals surface area contributed by atoms with E-state index in [-0.39, 0.29) is 17.2 Å². The van der Waals surface area contributed by atoms with Crippen molar-refractivity contribution < 1.29 is 30.0 Å². The molecule has 2 rings (SSSR count). The van der Waals surface area contributed by atoms with E-state index in [0.717, 1.165) is 12.5 Å². The van der Waals surface area contributed by atoms with Crippen LogP contribution in [0.25, 0.3) is 0 Å². The molecule has 0 saturated heterocycles. The van der Waals surface area contributed by atoms with Crippen LogP contribution < -0.4 is 0 Å². The highest BCUT2D eigenvalue weighted by atomic mass is 16.5. The van der Waals surface area contributed by atoms with E-state index in [1.165, 1.54) is 0 Å². The highest BCUT2D eigenvalue weighted by molar-refractivity contribution is 5.96. The third-order valence-corrected chi connectivity index (χ3v) is 3.42. The number of hydrogen-bond donors (Lipinski definition) is 4. The topological polar surface area (TPSA) is 107 Å². The number of cyclic esters (lactones) is 1. The standard InChI is InChI=1S/C14H18O6/c1-7(15)4-2-3-5-10-11-8(14(19)20-10)6-9(16)12(17)13(11)18/h6-7,10,15-18H,2-5H2,1H3. The highest BCUT2D eigenvalue weighted by Gasteiger charge is 2.36. The number of carbonyl (C=O) groups excluding carboxylic acids is 1. The molecule has 110 valence electrons. The molecule has 20 heavy (non-hydrogen) atoms. The molecular formula is C14H18O6. The van der Waals surface area contributed by atoms with E-state index in [1.54, 1.807) is 6.92 Å². The molecule has 2 unspecified atom stereocenters. The number of benzene rings is 1.